The summed E-state index contributed by atoms with van der Waals surface area (Å²) in [5.74, 6) is 0. The monoisotopic (exact) mass is 496 g/mol. The van der Waals surface area contributed by atoms with Gasteiger partial charge in [0.1, 0.15) is 0 Å². The average Bonchev–Trinajstić information content (AvgIpc) is 3.33. The van der Waals surface area contributed by atoms with Gasteiger partial charge in [0.15, 0.2) is 0 Å². The molecule has 3 aromatic heterocycles. The van der Waals surface area contributed by atoms with Crippen LogP contribution in [0.4, 0.5) is 0 Å². The Hall–Kier alpha value is -2.18. The summed E-state index contributed by atoms with van der Waals surface area (Å²) in [6, 6.07) is 14.6. The fraction of sp³-hybridized carbons (Fsp3) is 0.182. The molecule has 0 radical (unpaired) electrons. The lowest BCUT2D eigenvalue weighted by molar-refractivity contribution is 0.543. The topological polar surface area (TPSA) is 57.4 Å². The van der Waals surface area contributed by atoms with Crippen LogP contribution in [0.1, 0.15) is 36.6 Å². The highest BCUT2D eigenvalue weighted by Crippen LogP contribution is 2.33. The molecule has 2 aliphatic rings. The van der Waals surface area contributed by atoms with Gasteiger partial charge in [0.2, 0.25) is 0 Å². The van der Waals surface area contributed by atoms with Crippen molar-refractivity contribution in [3.05, 3.63) is 69.7 Å². The van der Waals surface area contributed by atoms with E-state index in [1.54, 1.807) is 0 Å². The molecule has 5 heterocycles. The van der Waals surface area contributed by atoms with Crippen LogP contribution in [0.5, 0.6) is 0 Å². The first-order valence-corrected chi connectivity index (χ1v) is 10.7. The lowest BCUT2D eigenvalue weighted by Crippen LogP contribution is -2.15. The van der Waals surface area contributed by atoms with Gasteiger partial charge in [-0.05, 0) is 80.4 Å². The maximum Gasteiger partial charge on any atom is 0.0800 e. The van der Waals surface area contributed by atoms with Gasteiger partial charge in [0.05, 0.1) is 16.9 Å². The molecule has 4 nitrogen and oxygen atoms in total. The van der Waals surface area contributed by atoms with Gasteiger partial charge in [-0.15, -0.1) is 0 Å². The largest absolute Gasteiger partial charge is 0.355 e. The Morgan fingerprint density at radius 1 is 0.893 bits per heavy atom. The zero-order valence-corrected chi connectivity index (χ0v) is 18.6. The van der Waals surface area contributed by atoms with Crippen LogP contribution in [-0.4, -0.2) is 19.9 Å². The van der Waals surface area contributed by atoms with E-state index in [0.29, 0.717) is 0 Å². The van der Waals surface area contributed by atoms with Crippen LogP contribution in [0.25, 0.3) is 32.6 Å². The van der Waals surface area contributed by atoms with Gasteiger partial charge < -0.3 is 9.97 Å². The second-order valence-electron chi connectivity index (χ2n) is 7.90. The molecule has 0 unspecified atom stereocenters. The Kier molecular flexibility index (Phi) is 4.10. The van der Waals surface area contributed by atoms with Crippen LogP contribution in [0, 0.1) is 0 Å². The van der Waals surface area contributed by atoms with E-state index in [9.17, 15) is 0 Å². The van der Waals surface area contributed by atoms with Crippen LogP contribution in [0.3, 0.4) is 0 Å². The number of fused-ring (bicyclic) bond motifs is 8. The Labute approximate surface area is 179 Å². The van der Waals surface area contributed by atoms with Gasteiger partial charge in [-0.1, -0.05) is 13.8 Å². The van der Waals surface area contributed by atoms with Crippen molar-refractivity contribution in [1.82, 2.24) is 19.9 Å². The highest BCUT2D eigenvalue weighted by molar-refractivity contribution is 9.15. The first-order chi connectivity index (χ1) is 13.4. The standard InChI is InChI=1S/C22H18Br2N4/c1-22(2)11-16-9-20-17(23)6-14(26-20)5-12-3-4-13(25-12)8-19-18(24)7-15(27-19)10-21(22)28-16/h3-10,25-26H,11H2,1-2H3. The van der Waals surface area contributed by atoms with Gasteiger partial charge >= 0.3 is 0 Å². The molecule has 6 heteroatoms. The van der Waals surface area contributed by atoms with Crippen molar-refractivity contribution >= 4 is 64.5 Å². The van der Waals surface area contributed by atoms with Gasteiger partial charge in [-0.2, -0.15) is 0 Å². The van der Waals surface area contributed by atoms with E-state index in [-0.39, 0.29) is 5.41 Å². The van der Waals surface area contributed by atoms with E-state index in [1.165, 1.54) is 0 Å². The minimum atomic E-state index is -0.0307. The van der Waals surface area contributed by atoms with Crippen molar-refractivity contribution < 1.29 is 0 Å². The van der Waals surface area contributed by atoms with Gasteiger partial charge in [-0.25, -0.2) is 4.98 Å². The molecule has 2 aliphatic heterocycles. The number of H-pyrrole nitrogens is 2. The number of aromatic nitrogens is 4. The lowest BCUT2D eigenvalue weighted by Gasteiger charge is -2.15. The molecule has 3 aromatic rings. The Morgan fingerprint density at radius 2 is 1.68 bits per heavy atom. The molecular weight excluding hydrogens is 480 g/mol. The molecule has 0 saturated carbocycles. The highest BCUT2D eigenvalue weighted by atomic mass is 79.9. The fourth-order valence-electron chi connectivity index (χ4n) is 3.67. The van der Waals surface area contributed by atoms with E-state index in [1.807, 2.05) is 12.1 Å². The van der Waals surface area contributed by atoms with Crippen molar-refractivity contribution in [2.45, 2.75) is 25.7 Å². The molecule has 8 bridgehead atoms. The normalized spacial score (nSPS) is 15.5. The zero-order valence-electron chi connectivity index (χ0n) is 15.5. The van der Waals surface area contributed by atoms with E-state index in [0.717, 1.165) is 60.2 Å². The highest BCUT2D eigenvalue weighted by Gasteiger charge is 2.28. The molecule has 28 heavy (non-hydrogen) atoms. The number of aromatic amines is 2. The molecule has 0 fully saturated rings. The summed E-state index contributed by atoms with van der Waals surface area (Å²) in [7, 11) is 0. The van der Waals surface area contributed by atoms with E-state index in [2.05, 4.69) is 92.1 Å². The van der Waals surface area contributed by atoms with Crippen LogP contribution in [0.2, 0.25) is 0 Å². The molecule has 0 aromatic carbocycles. The minimum Gasteiger partial charge on any atom is -0.355 e. The summed E-state index contributed by atoms with van der Waals surface area (Å²) >= 11 is 7.31. The van der Waals surface area contributed by atoms with Crippen LogP contribution >= 0.6 is 31.9 Å². The van der Waals surface area contributed by atoms with Gasteiger partial charge in [0, 0.05) is 48.7 Å². The van der Waals surface area contributed by atoms with Crippen LogP contribution in [-0.2, 0) is 11.8 Å². The van der Waals surface area contributed by atoms with E-state index in [4.69, 9.17) is 9.97 Å². The predicted octanol–water partition coefficient (Wildman–Crippen LogP) is 6.49. The molecule has 0 saturated heterocycles. The summed E-state index contributed by atoms with van der Waals surface area (Å²) in [6.07, 6.45) is 2.94. The van der Waals surface area contributed by atoms with Gasteiger partial charge in [0.25, 0.3) is 0 Å². The lowest BCUT2D eigenvalue weighted by atomic mass is 9.87. The number of hydrogen-bond donors (Lipinski definition) is 2. The molecule has 2 N–H and O–H groups in total. The second kappa shape index (κ2) is 6.42. The smallest absolute Gasteiger partial charge is 0.0800 e. The number of halogens is 2. The van der Waals surface area contributed by atoms with Crippen LogP contribution in [0.15, 0.2) is 46.9 Å². The van der Waals surface area contributed by atoms with E-state index < -0.39 is 0 Å². The Morgan fingerprint density at radius 3 is 2.50 bits per heavy atom. The number of hydrogen-bond acceptors (Lipinski definition) is 2. The molecular formula is C22H18Br2N4. The summed E-state index contributed by atoms with van der Waals surface area (Å²) in [5, 5.41) is 0. The van der Waals surface area contributed by atoms with E-state index >= 15 is 0 Å². The van der Waals surface area contributed by atoms with Crippen molar-refractivity contribution in [3.8, 4) is 0 Å². The van der Waals surface area contributed by atoms with Crippen molar-refractivity contribution in [2.75, 3.05) is 0 Å². The second-order valence-corrected chi connectivity index (χ2v) is 9.60. The first-order valence-electron chi connectivity index (χ1n) is 9.10. The maximum absolute atomic E-state index is 4.92. The third-order valence-corrected chi connectivity index (χ3v) is 6.39. The third kappa shape index (κ3) is 3.25. The van der Waals surface area contributed by atoms with Crippen molar-refractivity contribution in [2.24, 2.45) is 0 Å². The molecule has 140 valence electrons. The third-order valence-electron chi connectivity index (χ3n) is 5.10. The summed E-state index contributed by atoms with van der Waals surface area (Å²) in [5.41, 5.74) is 8.01. The molecule has 0 amide bonds. The first kappa shape index (κ1) is 17.9. The SMILES string of the molecule is CC1(C)Cc2cc3[nH]c(cc3Br)cc3ccc(cc4nc(cc1n2)C=C4Br)[nH]3. The fourth-order valence-corrected chi connectivity index (χ4v) is 4.57. The number of rotatable bonds is 0. The number of nitrogens with one attached hydrogen (secondary N) is 2. The molecule has 0 atom stereocenters. The summed E-state index contributed by atoms with van der Waals surface area (Å²) in [4.78, 5) is 16.6. The number of nitrogens with zero attached hydrogens (tertiary/aromatic N) is 2. The molecule has 0 aliphatic carbocycles. The Balaban J connectivity index is 1.88. The van der Waals surface area contributed by atoms with Crippen molar-refractivity contribution in [3.63, 3.8) is 0 Å². The molecule has 0 spiro atoms. The average molecular weight is 498 g/mol. The zero-order chi connectivity index (χ0) is 19.5. The quantitative estimate of drug-likeness (QED) is 0.373. The minimum absolute atomic E-state index is 0.0307. The predicted molar refractivity (Wildman–Crippen MR) is 122 cm³/mol. The van der Waals surface area contributed by atoms with Crippen molar-refractivity contribution in [1.29, 1.82) is 0 Å². The summed E-state index contributed by atoms with van der Waals surface area (Å²) in [6.45, 7) is 4.46. The molecule has 5 rings (SSSR count). The summed E-state index contributed by atoms with van der Waals surface area (Å²) < 4.78 is 2.01. The van der Waals surface area contributed by atoms with Gasteiger partial charge in [-0.3, -0.25) is 4.98 Å². The maximum atomic E-state index is 4.92. The Bertz CT molecular complexity index is 1290. The van der Waals surface area contributed by atoms with Crippen LogP contribution < -0.4 is 0 Å².